The molecular weight excluding hydrogens is 553 g/mol. The number of rotatable bonds is 11. The summed E-state index contributed by atoms with van der Waals surface area (Å²) in [7, 11) is -2.85. The van der Waals surface area contributed by atoms with Gasteiger partial charge in [-0.2, -0.15) is 0 Å². The molecule has 0 amide bonds. The Labute approximate surface area is 251 Å². The Hall–Kier alpha value is -1.68. The Morgan fingerprint density at radius 3 is 1.90 bits per heavy atom. The predicted octanol–water partition coefficient (Wildman–Crippen LogP) is 5.86. The van der Waals surface area contributed by atoms with Crippen molar-refractivity contribution in [2.45, 2.75) is 73.5 Å². The van der Waals surface area contributed by atoms with Crippen LogP contribution in [0.1, 0.15) is 78.4 Å². The highest BCUT2D eigenvalue weighted by molar-refractivity contribution is 7.95. The van der Waals surface area contributed by atoms with E-state index in [0.717, 1.165) is 47.9 Å². The molecule has 4 unspecified atom stereocenters. The minimum Gasteiger partial charge on any atom is -0.381 e. The van der Waals surface area contributed by atoms with Crippen molar-refractivity contribution in [1.82, 2.24) is 4.72 Å². The normalized spacial score (nSPS) is 33.4. The van der Waals surface area contributed by atoms with Gasteiger partial charge in [-0.25, -0.2) is 13.1 Å². The largest absolute Gasteiger partial charge is 0.381 e. The number of fused-ring (bicyclic) bond motifs is 4. The van der Waals surface area contributed by atoms with Crippen LogP contribution in [0.15, 0.2) is 35.4 Å². The van der Waals surface area contributed by atoms with E-state index in [1.807, 2.05) is 30.3 Å². The van der Waals surface area contributed by atoms with Crippen molar-refractivity contribution in [3.8, 4) is 0 Å². The van der Waals surface area contributed by atoms with Gasteiger partial charge in [-0.3, -0.25) is 9.59 Å². The lowest BCUT2D eigenvalue weighted by Gasteiger charge is -2.35. The minimum atomic E-state index is -3.55. The number of nitrogens with one attached hydrogen (secondary N) is 1. The Morgan fingerprint density at radius 1 is 0.902 bits per heavy atom. The van der Waals surface area contributed by atoms with Crippen LogP contribution in [0.4, 0.5) is 0 Å². The van der Waals surface area contributed by atoms with Gasteiger partial charge in [0.1, 0.15) is 0 Å². The fraction of sp³-hybridized carbons (Fsp3) is 0.625. The fourth-order valence-corrected chi connectivity index (χ4v) is 11.5. The van der Waals surface area contributed by atoms with Crippen LogP contribution >= 0.6 is 12.0 Å². The van der Waals surface area contributed by atoms with Crippen molar-refractivity contribution < 1.29 is 22.1 Å². The lowest BCUT2D eigenvalue weighted by molar-refractivity contribution is -0.125. The zero-order chi connectivity index (χ0) is 29.8. The van der Waals surface area contributed by atoms with Crippen LogP contribution in [0.5, 0.6) is 0 Å². The average Bonchev–Trinajstić information content (AvgIpc) is 3.42. The fourth-order valence-electron chi connectivity index (χ4n) is 8.49. The first-order chi connectivity index (χ1) is 19.3. The van der Waals surface area contributed by atoms with Crippen LogP contribution in [0.3, 0.4) is 0 Å². The number of allylic oxidation sites excluding steroid dienone is 2. The summed E-state index contributed by atoms with van der Waals surface area (Å²) in [5.41, 5.74) is 1.78. The molecule has 222 valence electrons. The zero-order valence-corrected chi connectivity index (χ0v) is 27.0. The van der Waals surface area contributed by atoms with Crippen molar-refractivity contribution in [2.75, 3.05) is 18.1 Å². The molecule has 1 N–H and O–H groups in total. The molecule has 41 heavy (non-hydrogen) atoms. The molecule has 0 spiro atoms. The molecule has 1 aromatic rings. The maximum Gasteiger partial charge on any atom is 0.294 e. The number of hydrogen-bond acceptors (Lipinski definition) is 6. The van der Waals surface area contributed by atoms with Crippen molar-refractivity contribution in [3.05, 3.63) is 46.5 Å². The number of carbonyl (C=O) groups excluding carboxylic acids is 2. The van der Waals surface area contributed by atoms with E-state index in [1.165, 1.54) is 12.0 Å². The summed E-state index contributed by atoms with van der Waals surface area (Å²) < 4.78 is 33.8. The van der Waals surface area contributed by atoms with E-state index in [2.05, 4.69) is 45.4 Å². The highest BCUT2D eigenvalue weighted by atomic mass is 32.2. The molecular formula is C32H44BNO5S2. The Bertz CT molecular complexity index is 1400. The molecule has 0 saturated heterocycles. The quantitative estimate of drug-likeness (QED) is 0.149. The van der Waals surface area contributed by atoms with Gasteiger partial charge >= 0.3 is 0 Å². The van der Waals surface area contributed by atoms with Gasteiger partial charge in [0.05, 0.1) is 16.6 Å². The maximum atomic E-state index is 13.8. The van der Waals surface area contributed by atoms with Gasteiger partial charge < -0.3 is 4.10 Å². The molecule has 1 aromatic carbocycles. The van der Waals surface area contributed by atoms with Crippen molar-refractivity contribution in [3.63, 3.8) is 0 Å². The van der Waals surface area contributed by atoms with Crippen LogP contribution in [-0.2, 0) is 23.7 Å². The maximum absolute atomic E-state index is 13.8. The highest BCUT2D eigenvalue weighted by Crippen LogP contribution is 2.67. The molecule has 0 radical (unpaired) electrons. The van der Waals surface area contributed by atoms with Gasteiger partial charge in [-0.15, -0.1) is 0 Å². The third-order valence-electron chi connectivity index (χ3n) is 11.1. The van der Waals surface area contributed by atoms with Gasteiger partial charge in [-0.1, -0.05) is 72.1 Å². The molecule has 4 bridgehead atoms. The summed E-state index contributed by atoms with van der Waals surface area (Å²) in [6, 6.07) is 8.04. The molecule has 4 atom stereocenters. The van der Waals surface area contributed by atoms with E-state index in [4.69, 9.17) is 4.10 Å². The zero-order valence-electron chi connectivity index (χ0n) is 25.3. The molecule has 4 aliphatic carbocycles. The third kappa shape index (κ3) is 4.74. The van der Waals surface area contributed by atoms with E-state index in [1.54, 1.807) is 6.92 Å². The molecule has 6 nitrogen and oxygen atoms in total. The molecule has 9 heteroatoms. The third-order valence-corrected chi connectivity index (χ3v) is 13.7. The van der Waals surface area contributed by atoms with E-state index >= 15 is 0 Å². The molecule has 4 saturated carbocycles. The number of sulfonamides is 1. The van der Waals surface area contributed by atoms with Crippen LogP contribution in [0.25, 0.3) is 12.2 Å². The molecule has 0 aromatic heterocycles. The molecule has 0 heterocycles. The number of Topliss-reactive ketones (excluding diaryl/α,β-unsaturated/α-hetero) is 2. The van der Waals surface area contributed by atoms with E-state index in [0.29, 0.717) is 26.2 Å². The first-order valence-corrected chi connectivity index (χ1v) is 17.7. The first kappa shape index (κ1) is 30.8. The summed E-state index contributed by atoms with van der Waals surface area (Å²) >= 11 is 1.45. The molecule has 4 fully saturated rings. The predicted molar refractivity (Wildman–Crippen MR) is 169 cm³/mol. The van der Waals surface area contributed by atoms with Gasteiger partial charge in [0.2, 0.25) is 10.0 Å². The molecule has 0 aliphatic heterocycles. The second kappa shape index (κ2) is 10.8. The molecule has 4 aliphatic rings. The van der Waals surface area contributed by atoms with Gasteiger partial charge in [0.25, 0.3) is 7.48 Å². The Balaban J connectivity index is 1.37. The van der Waals surface area contributed by atoms with Crippen molar-refractivity contribution >= 4 is 53.3 Å². The summed E-state index contributed by atoms with van der Waals surface area (Å²) in [6.07, 6.45) is 8.35. The van der Waals surface area contributed by atoms with Crippen LogP contribution in [0.2, 0.25) is 6.32 Å². The molecule has 5 rings (SSSR count). The topological polar surface area (TPSA) is 89.5 Å². The second-order valence-corrected chi connectivity index (χ2v) is 16.2. The lowest BCUT2D eigenvalue weighted by atomic mass is 9.70. The van der Waals surface area contributed by atoms with Crippen LogP contribution in [-0.4, -0.2) is 45.5 Å². The van der Waals surface area contributed by atoms with Crippen molar-refractivity contribution in [1.29, 1.82) is 0 Å². The highest BCUT2D eigenvalue weighted by Gasteiger charge is 2.68. The summed E-state index contributed by atoms with van der Waals surface area (Å²) in [5.74, 6) is 1.07. The summed E-state index contributed by atoms with van der Waals surface area (Å²) in [4.78, 5) is 27.6. The van der Waals surface area contributed by atoms with Gasteiger partial charge in [-0.05, 0) is 83.7 Å². The smallest absolute Gasteiger partial charge is 0.294 e. The number of carbonyl (C=O) groups is 2. The van der Waals surface area contributed by atoms with E-state index in [-0.39, 0.29) is 40.0 Å². The SMILES string of the molecule is CCBOSCC12CCC(/C(=C\c3ccc(/C=C4/C(=O)C5(CS(=O)(=O)NCC)CCC4C5(C)C)cc3)C1=O)C2(C)C. The lowest BCUT2D eigenvalue weighted by Crippen LogP contribution is -2.45. The monoisotopic (exact) mass is 597 g/mol. The van der Waals surface area contributed by atoms with Crippen LogP contribution < -0.4 is 4.72 Å². The van der Waals surface area contributed by atoms with Gasteiger partial charge in [0.15, 0.2) is 11.6 Å². The Kier molecular flexibility index (Phi) is 8.10. The van der Waals surface area contributed by atoms with Crippen LogP contribution in [0, 0.1) is 33.5 Å². The first-order valence-electron chi connectivity index (χ1n) is 15.1. The van der Waals surface area contributed by atoms with Gasteiger partial charge in [0, 0.05) is 23.4 Å². The Morgan fingerprint density at radius 2 is 1.39 bits per heavy atom. The van der Waals surface area contributed by atoms with E-state index in [9.17, 15) is 18.0 Å². The van der Waals surface area contributed by atoms with Crippen molar-refractivity contribution in [2.24, 2.45) is 33.5 Å². The summed E-state index contributed by atoms with van der Waals surface area (Å²) in [6.45, 7) is 12.7. The number of benzene rings is 1. The number of hydrogen-bond donors (Lipinski definition) is 1. The average molecular weight is 598 g/mol. The van der Waals surface area contributed by atoms with E-state index < -0.39 is 20.9 Å². The minimum absolute atomic E-state index is 0.0210. The number of ketones is 2. The standard InChI is InChI=1S/C32H44BNO5S2/c1-7-33-39-40-19-31-15-13-25(29(31,3)4)23(27(31)35)17-21-9-11-22(12-10-21)18-24-26-14-16-32(28(24)36,30(26,5)6)20-41(37,38)34-8-2/h9-12,17-18,25-26,33-34H,7-8,13-16,19-20H2,1-6H3/b23-17+,24-18+. The second-order valence-electron chi connectivity index (χ2n) is 13.7. The summed E-state index contributed by atoms with van der Waals surface area (Å²) in [5, 5.41) is 0.